The van der Waals surface area contributed by atoms with E-state index in [0.717, 1.165) is 27.8 Å². The van der Waals surface area contributed by atoms with Gasteiger partial charge in [0.1, 0.15) is 30.8 Å². The van der Waals surface area contributed by atoms with Crippen LogP contribution < -0.4 is 10.6 Å². The standard InChI is InChI=1S/C26H39N7O7.2CO2.3CH4O.Tc/c1-5-8-29-22(35)16-32-11-9-27-20(32)14-31(13-19(34)26(2,3)4)15-21-28-10-12-33(21)17-23(36)30-18(25(39)40)6-7-24(37)38;2*2-1-3;3*1-2;/h9-12,18H,5-8,13-17H2,1-4H3,(H,29,35)(H,30,36)(H,37,38)(H,39,40);;;3*2H,1H3;/t18-;;;;;;/m0....../s1/i;;;;;;1+1. The molecule has 22 heteroatoms. The molecule has 0 aliphatic carbocycles. The second-order valence-electron chi connectivity index (χ2n) is 10.7. The third kappa shape index (κ3) is 28.5. The number of carbonyl (C=O) groups excluding carboxylic acids is 7. The molecule has 2 amide bonds. The van der Waals surface area contributed by atoms with E-state index in [-0.39, 0.29) is 83.2 Å². The zero-order valence-electron chi connectivity index (χ0n) is 30.8. The summed E-state index contributed by atoms with van der Waals surface area (Å²) in [7, 11) is 3.00. The minimum Gasteiger partial charge on any atom is -0.481 e. The number of Topliss-reactive ketones (excluding diaryl/α,β-unsaturated/α-hetero) is 1. The zero-order chi connectivity index (χ0) is 41.3. The van der Waals surface area contributed by atoms with Gasteiger partial charge in [-0.2, -0.15) is 19.2 Å². The van der Waals surface area contributed by atoms with Gasteiger partial charge in [-0.25, -0.2) is 14.8 Å². The number of aromatic nitrogens is 4. The van der Waals surface area contributed by atoms with Crippen molar-refractivity contribution in [1.82, 2.24) is 34.6 Å². The molecule has 53 heavy (non-hydrogen) atoms. The summed E-state index contributed by atoms with van der Waals surface area (Å²) in [5.41, 5.74) is -0.606. The molecule has 0 saturated heterocycles. The van der Waals surface area contributed by atoms with Crippen molar-refractivity contribution >= 4 is 41.8 Å². The number of carboxylic acids is 2. The molecule has 0 bridgehead atoms. The molecule has 2 heterocycles. The van der Waals surface area contributed by atoms with Crippen LogP contribution in [0.15, 0.2) is 24.8 Å². The minimum absolute atomic E-state index is 0. The molecule has 21 nitrogen and oxygen atoms in total. The van der Waals surface area contributed by atoms with Crippen molar-refractivity contribution in [3.63, 3.8) is 0 Å². The fourth-order valence-corrected chi connectivity index (χ4v) is 3.67. The van der Waals surface area contributed by atoms with Gasteiger partial charge in [0.25, 0.3) is 0 Å². The second-order valence-corrected chi connectivity index (χ2v) is 10.7. The number of aliphatic hydroxyl groups excluding tert-OH is 3. The Bertz CT molecular complexity index is 1370. The molecule has 301 valence electrons. The van der Waals surface area contributed by atoms with Gasteiger partial charge in [-0.1, -0.05) is 27.7 Å². The summed E-state index contributed by atoms with van der Waals surface area (Å²) < 4.78 is 3.24. The number of hydrogen-bond acceptors (Lipinski definition) is 15. The fraction of sp³-hybridized carbons (Fsp3) is 0.581. The van der Waals surface area contributed by atoms with Crippen LogP contribution >= 0.6 is 0 Å². The maximum Gasteiger partial charge on any atom is 0.373 e. The number of amides is 2. The summed E-state index contributed by atoms with van der Waals surface area (Å²) in [6.45, 7) is 8.28. The van der Waals surface area contributed by atoms with Gasteiger partial charge in [0.05, 0.1) is 19.6 Å². The van der Waals surface area contributed by atoms with E-state index in [0.29, 0.717) is 18.2 Å². The van der Waals surface area contributed by atoms with Crippen LogP contribution in [0.25, 0.3) is 0 Å². The van der Waals surface area contributed by atoms with E-state index < -0.39 is 35.7 Å². The molecule has 0 fully saturated rings. The monoisotopic (exact) mass is 844 g/mol. The number of nitrogens with zero attached hydrogens (tertiary/aromatic N) is 5. The number of hydrogen-bond donors (Lipinski definition) is 7. The Hall–Kier alpha value is -4.78. The predicted octanol–water partition coefficient (Wildman–Crippen LogP) is -1.69. The van der Waals surface area contributed by atoms with E-state index in [2.05, 4.69) is 20.6 Å². The molecule has 0 saturated carbocycles. The van der Waals surface area contributed by atoms with E-state index in [1.165, 1.54) is 10.8 Å². The van der Waals surface area contributed by atoms with Gasteiger partial charge in [-0.3, -0.25) is 24.1 Å². The maximum atomic E-state index is 12.9. The summed E-state index contributed by atoms with van der Waals surface area (Å²) in [6, 6.07) is -1.34. The molecule has 2 aromatic rings. The van der Waals surface area contributed by atoms with Gasteiger partial charge < -0.3 is 45.3 Å². The van der Waals surface area contributed by atoms with Crippen LogP contribution in [0.1, 0.15) is 58.6 Å². The number of aliphatic carboxylic acids is 2. The molecule has 0 aromatic carbocycles. The summed E-state index contributed by atoms with van der Waals surface area (Å²) in [4.78, 5) is 103. The van der Waals surface area contributed by atoms with Gasteiger partial charge in [0, 0.05) is 84.6 Å². The summed E-state index contributed by atoms with van der Waals surface area (Å²) in [5, 5.41) is 44.3. The van der Waals surface area contributed by atoms with Crippen LogP contribution in [-0.4, -0.2) is 132 Å². The number of imidazole rings is 2. The van der Waals surface area contributed by atoms with Gasteiger partial charge in [-0.05, 0) is 12.8 Å². The first-order chi connectivity index (χ1) is 24.6. The number of ketones is 1. The average molecular weight is 845 g/mol. The Morgan fingerprint density at radius 1 is 0.811 bits per heavy atom. The van der Waals surface area contributed by atoms with Crippen molar-refractivity contribution in [1.29, 1.82) is 0 Å². The van der Waals surface area contributed by atoms with Crippen molar-refractivity contribution in [2.24, 2.45) is 5.41 Å². The van der Waals surface area contributed by atoms with Gasteiger partial charge >= 0.3 is 24.2 Å². The zero-order valence-corrected chi connectivity index (χ0v) is 32.6. The summed E-state index contributed by atoms with van der Waals surface area (Å²) in [5.74, 6) is -2.26. The number of rotatable bonds is 17. The first-order valence-corrected chi connectivity index (χ1v) is 15.2. The van der Waals surface area contributed by atoms with Crippen molar-refractivity contribution < 1.29 is 88.8 Å². The van der Waals surface area contributed by atoms with Crippen LogP contribution in [0, 0.1) is 5.41 Å². The van der Waals surface area contributed by atoms with Gasteiger partial charge in [-0.15, -0.1) is 0 Å². The first-order valence-electron chi connectivity index (χ1n) is 15.2. The van der Waals surface area contributed by atoms with Crippen LogP contribution in [0.5, 0.6) is 0 Å². The topological polar surface area (TPSA) is 318 Å². The third-order valence-corrected chi connectivity index (χ3v) is 6.02. The third-order valence-electron chi connectivity index (χ3n) is 6.02. The summed E-state index contributed by atoms with van der Waals surface area (Å²) in [6.07, 6.45) is 6.99. The number of carbonyl (C=O) groups is 5. The second kappa shape index (κ2) is 35.6. The number of carboxylic acid groups (broad SMARTS) is 2. The van der Waals surface area contributed by atoms with E-state index in [4.69, 9.17) is 39.6 Å². The number of nitrogens with one attached hydrogen (secondary N) is 2. The Balaban J connectivity index is -0.000000527. The van der Waals surface area contributed by atoms with E-state index in [1.807, 2.05) is 32.6 Å². The minimum atomic E-state index is -1.34. The fourth-order valence-electron chi connectivity index (χ4n) is 3.67. The van der Waals surface area contributed by atoms with Gasteiger partial charge in [0.15, 0.2) is 5.78 Å². The average Bonchev–Trinajstić information content (AvgIpc) is 3.73. The molecule has 1 radical (unpaired) electrons. The van der Waals surface area contributed by atoms with Crippen molar-refractivity contribution in [2.75, 3.05) is 34.4 Å². The van der Waals surface area contributed by atoms with Crippen LogP contribution in [0.2, 0.25) is 0 Å². The molecule has 2 aromatic heterocycles. The first kappa shape index (κ1) is 57.6. The van der Waals surface area contributed by atoms with Crippen molar-refractivity contribution in [3.8, 4) is 0 Å². The quantitative estimate of drug-likeness (QED) is 0.0935. The van der Waals surface area contributed by atoms with E-state index >= 15 is 0 Å². The Morgan fingerprint density at radius 2 is 1.23 bits per heavy atom. The Labute approximate surface area is 320 Å². The SMILES string of the molecule is CCCNC(=O)Cn1ccnc1CN(CC(=O)C(C)(C)C)Cc1nccn1CC(=O)N[C@@H](CCC(=O)O)C(=O)O.CO.CO.CO.O=C=O.O=C=O.[99Tc]. The molecular formula is C31H51N7O14Tc. The van der Waals surface area contributed by atoms with Crippen LogP contribution in [0.3, 0.4) is 0 Å². The smallest absolute Gasteiger partial charge is 0.373 e. The molecule has 0 aliphatic rings. The van der Waals surface area contributed by atoms with Crippen molar-refractivity contribution in [3.05, 3.63) is 36.4 Å². The number of aliphatic hydroxyl groups is 3. The maximum absolute atomic E-state index is 12.9. The molecule has 0 unspecified atom stereocenters. The predicted molar refractivity (Wildman–Crippen MR) is 177 cm³/mol. The molecule has 1 atom stereocenters. The van der Waals surface area contributed by atoms with E-state index in [9.17, 15) is 29.1 Å². The van der Waals surface area contributed by atoms with Crippen LogP contribution in [-0.2, 0) is 89.4 Å². The van der Waals surface area contributed by atoms with Gasteiger partial charge in [0.2, 0.25) is 11.8 Å². The normalized spacial score (nSPS) is 9.87. The molecule has 0 aliphatic heterocycles. The molecule has 2 rings (SSSR count). The Morgan fingerprint density at radius 3 is 1.58 bits per heavy atom. The largest absolute Gasteiger partial charge is 0.481 e. The van der Waals surface area contributed by atoms with E-state index in [1.54, 1.807) is 23.2 Å². The molecule has 0 spiro atoms. The summed E-state index contributed by atoms with van der Waals surface area (Å²) >= 11 is 0. The van der Waals surface area contributed by atoms with Crippen LogP contribution in [0.4, 0.5) is 0 Å². The molecule has 7 N–H and O–H groups in total. The Kier molecular flexibility index (Phi) is 38.7. The van der Waals surface area contributed by atoms with Crippen molar-refractivity contribution in [2.45, 2.75) is 79.2 Å². The molecular weight excluding hydrogens is 793 g/mol.